The molecule has 0 aliphatic carbocycles. The first-order chi connectivity index (χ1) is 6.15. The van der Waals surface area contributed by atoms with Crippen LogP contribution in [0.5, 0.6) is 0 Å². The van der Waals surface area contributed by atoms with Gasteiger partial charge >= 0.3 is 0 Å². The number of thioether (sulfide) groups is 1. The van der Waals surface area contributed by atoms with Crippen LogP contribution in [-0.4, -0.2) is 12.0 Å². The van der Waals surface area contributed by atoms with Crippen molar-refractivity contribution >= 4 is 11.8 Å². The van der Waals surface area contributed by atoms with Gasteiger partial charge in [0, 0.05) is 11.8 Å². The number of nitrogens with two attached hydrogens (primary N) is 1. The minimum Gasteiger partial charge on any atom is -0.323 e. The number of hydrogen-bond acceptors (Lipinski definition) is 2. The molecule has 0 amide bonds. The predicted molar refractivity (Wildman–Crippen MR) is 51.7 cm³/mol. The molecule has 1 atom stereocenters. The molecule has 1 rings (SSSR count). The van der Waals surface area contributed by atoms with Gasteiger partial charge in [0.1, 0.15) is 0 Å². The summed E-state index contributed by atoms with van der Waals surface area (Å²) in [6.45, 7) is 0. The van der Waals surface area contributed by atoms with Crippen molar-refractivity contribution in [3.63, 3.8) is 0 Å². The zero-order chi connectivity index (χ0) is 9.84. The molecule has 2 N–H and O–H groups in total. The van der Waals surface area contributed by atoms with Gasteiger partial charge in [0.2, 0.25) is 0 Å². The minimum absolute atomic E-state index is 0.231. The van der Waals surface area contributed by atoms with E-state index in [4.69, 9.17) is 5.73 Å². The molecule has 0 aromatic heterocycles. The summed E-state index contributed by atoms with van der Waals surface area (Å²) in [6.07, 6.45) is 1.92. The molecule has 4 heteroatoms. The minimum atomic E-state index is -0.839. The van der Waals surface area contributed by atoms with Crippen LogP contribution in [0.2, 0.25) is 0 Å². The highest BCUT2D eigenvalue weighted by Crippen LogP contribution is 2.17. The highest BCUT2D eigenvalue weighted by molar-refractivity contribution is 7.98. The lowest BCUT2D eigenvalue weighted by molar-refractivity contribution is 0.506. The Balaban J connectivity index is 2.84. The Kier molecular flexibility index (Phi) is 3.69. The molecular weight excluding hydrogens is 192 g/mol. The lowest BCUT2D eigenvalue weighted by Crippen LogP contribution is -2.13. The quantitative estimate of drug-likeness (QED) is 0.816. The third-order valence-electron chi connectivity index (χ3n) is 1.72. The fourth-order valence-corrected chi connectivity index (χ4v) is 1.57. The molecule has 0 aliphatic heterocycles. The van der Waals surface area contributed by atoms with Crippen LogP contribution in [0.15, 0.2) is 18.2 Å². The van der Waals surface area contributed by atoms with Crippen molar-refractivity contribution in [1.82, 2.24) is 0 Å². The van der Waals surface area contributed by atoms with Crippen LogP contribution in [0.25, 0.3) is 0 Å². The first-order valence-corrected chi connectivity index (χ1v) is 5.24. The molecule has 1 aromatic rings. The van der Waals surface area contributed by atoms with E-state index in [-0.39, 0.29) is 6.04 Å². The van der Waals surface area contributed by atoms with E-state index in [9.17, 15) is 8.78 Å². The topological polar surface area (TPSA) is 26.0 Å². The molecule has 0 aliphatic rings. The molecule has 0 fully saturated rings. The second kappa shape index (κ2) is 4.58. The van der Waals surface area contributed by atoms with Crippen molar-refractivity contribution in [2.24, 2.45) is 5.73 Å². The normalized spacial score (nSPS) is 12.9. The standard InChI is InChI=1S/C9H11F2NS/c1-13-5-9(12)6-2-3-7(10)8(11)4-6/h2-4,9H,5,12H2,1H3. The van der Waals surface area contributed by atoms with E-state index in [2.05, 4.69) is 0 Å². The van der Waals surface area contributed by atoms with Crippen LogP contribution in [-0.2, 0) is 0 Å². The van der Waals surface area contributed by atoms with Gasteiger partial charge in [-0.1, -0.05) is 6.07 Å². The Hall–Kier alpha value is -0.610. The molecule has 0 saturated carbocycles. The molecule has 1 unspecified atom stereocenters. The molecule has 0 radical (unpaired) electrons. The van der Waals surface area contributed by atoms with Crippen molar-refractivity contribution in [1.29, 1.82) is 0 Å². The first-order valence-electron chi connectivity index (χ1n) is 3.84. The molecule has 0 spiro atoms. The molecule has 1 nitrogen and oxygen atoms in total. The zero-order valence-corrected chi connectivity index (χ0v) is 8.07. The SMILES string of the molecule is CSCC(N)c1ccc(F)c(F)c1. The summed E-state index contributed by atoms with van der Waals surface area (Å²) < 4.78 is 25.3. The molecule has 0 bridgehead atoms. The van der Waals surface area contributed by atoms with Gasteiger partial charge in [0.25, 0.3) is 0 Å². The molecule has 72 valence electrons. The van der Waals surface area contributed by atoms with Crippen molar-refractivity contribution in [3.05, 3.63) is 35.4 Å². The summed E-state index contributed by atoms with van der Waals surface area (Å²) in [5.74, 6) is -0.973. The number of halogens is 2. The zero-order valence-electron chi connectivity index (χ0n) is 7.26. The van der Waals surface area contributed by atoms with Crippen LogP contribution >= 0.6 is 11.8 Å². The van der Waals surface area contributed by atoms with E-state index in [1.54, 1.807) is 11.8 Å². The molecule has 13 heavy (non-hydrogen) atoms. The Morgan fingerprint density at radius 1 is 1.38 bits per heavy atom. The fraction of sp³-hybridized carbons (Fsp3) is 0.333. The third-order valence-corrected chi connectivity index (χ3v) is 2.41. The largest absolute Gasteiger partial charge is 0.323 e. The smallest absolute Gasteiger partial charge is 0.159 e. The Bertz CT molecular complexity index is 291. The average Bonchev–Trinajstić information content (AvgIpc) is 2.10. The van der Waals surface area contributed by atoms with Crippen molar-refractivity contribution < 1.29 is 8.78 Å². The van der Waals surface area contributed by atoms with Gasteiger partial charge in [-0.05, 0) is 24.0 Å². The first kappa shape index (κ1) is 10.5. The van der Waals surface area contributed by atoms with Crippen LogP contribution in [0.4, 0.5) is 8.78 Å². The molecule has 0 saturated heterocycles. The number of rotatable bonds is 3. The maximum Gasteiger partial charge on any atom is 0.159 e. The fourth-order valence-electron chi connectivity index (χ4n) is 1.02. The van der Waals surface area contributed by atoms with Gasteiger partial charge in [-0.25, -0.2) is 8.78 Å². The Morgan fingerprint density at radius 2 is 2.08 bits per heavy atom. The molecule has 1 aromatic carbocycles. The van der Waals surface area contributed by atoms with E-state index in [0.29, 0.717) is 11.3 Å². The second-order valence-corrected chi connectivity index (χ2v) is 3.65. The Labute approximate surface area is 80.3 Å². The second-order valence-electron chi connectivity index (χ2n) is 2.74. The van der Waals surface area contributed by atoms with Crippen LogP contribution in [0.3, 0.4) is 0 Å². The Morgan fingerprint density at radius 3 is 2.62 bits per heavy atom. The maximum atomic E-state index is 12.7. The summed E-state index contributed by atoms with van der Waals surface area (Å²) in [5, 5.41) is 0. The molecule has 0 heterocycles. The maximum absolute atomic E-state index is 12.7. The van der Waals surface area contributed by atoms with E-state index in [1.165, 1.54) is 6.07 Å². The van der Waals surface area contributed by atoms with Gasteiger partial charge in [-0.2, -0.15) is 11.8 Å². The summed E-state index contributed by atoms with van der Waals surface area (Å²) in [6, 6.07) is 3.53. The van der Waals surface area contributed by atoms with Crippen molar-refractivity contribution in [2.75, 3.05) is 12.0 Å². The van der Waals surface area contributed by atoms with Crippen LogP contribution in [0, 0.1) is 11.6 Å². The summed E-state index contributed by atoms with van der Waals surface area (Å²) in [5.41, 5.74) is 6.35. The van der Waals surface area contributed by atoms with Gasteiger partial charge in [-0.15, -0.1) is 0 Å². The van der Waals surface area contributed by atoms with Gasteiger partial charge in [0.05, 0.1) is 0 Å². The number of benzene rings is 1. The van der Waals surface area contributed by atoms with Crippen LogP contribution in [0.1, 0.15) is 11.6 Å². The third kappa shape index (κ3) is 2.67. The lowest BCUT2D eigenvalue weighted by atomic mass is 10.1. The molecular formula is C9H11F2NS. The lowest BCUT2D eigenvalue weighted by Gasteiger charge is -2.09. The monoisotopic (exact) mass is 203 g/mol. The summed E-state index contributed by atoms with van der Waals surface area (Å²) in [4.78, 5) is 0. The highest BCUT2D eigenvalue weighted by Gasteiger charge is 2.08. The van der Waals surface area contributed by atoms with Crippen molar-refractivity contribution in [2.45, 2.75) is 6.04 Å². The summed E-state index contributed by atoms with van der Waals surface area (Å²) in [7, 11) is 0. The van der Waals surface area contributed by atoms with Gasteiger partial charge in [-0.3, -0.25) is 0 Å². The highest BCUT2D eigenvalue weighted by atomic mass is 32.2. The van der Waals surface area contributed by atoms with E-state index in [1.807, 2.05) is 6.26 Å². The predicted octanol–water partition coefficient (Wildman–Crippen LogP) is 2.33. The number of hydrogen-bond donors (Lipinski definition) is 1. The van der Waals surface area contributed by atoms with Gasteiger partial charge < -0.3 is 5.73 Å². The van der Waals surface area contributed by atoms with Gasteiger partial charge in [0.15, 0.2) is 11.6 Å². The van der Waals surface area contributed by atoms with E-state index in [0.717, 1.165) is 12.1 Å². The van der Waals surface area contributed by atoms with Crippen LogP contribution < -0.4 is 5.73 Å². The van der Waals surface area contributed by atoms with E-state index < -0.39 is 11.6 Å². The average molecular weight is 203 g/mol. The van der Waals surface area contributed by atoms with E-state index >= 15 is 0 Å². The van der Waals surface area contributed by atoms with Crippen molar-refractivity contribution in [3.8, 4) is 0 Å². The summed E-state index contributed by atoms with van der Waals surface area (Å²) >= 11 is 1.57.